The third kappa shape index (κ3) is 3.00. The van der Waals surface area contributed by atoms with Gasteiger partial charge in [-0.3, -0.25) is 0 Å². The molecule has 1 aromatic heterocycles. The molecule has 3 aromatic rings. The number of halogens is 1. The first-order valence-corrected chi connectivity index (χ1v) is 7.33. The molecule has 0 fully saturated rings. The Balaban J connectivity index is 1.99. The first-order valence-electron chi connectivity index (χ1n) is 6.95. The highest BCUT2D eigenvalue weighted by Gasteiger charge is 2.08. The molecule has 0 unspecified atom stereocenters. The van der Waals surface area contributed by atoms with Gasteiger partial charge in [0.15, 0.2) is 0 Å². The van der Waals surface area contributed by atoms with Gasteiger partial charge in [0.1, 0.15) is 17.9 Å². The summed E-state index contributed by atoms with van der Waals surface area (Å²) >= 11 is 5.94. The molecule has 0 radical (unpaired) electrons. The fraction of sp³-hybridized carbons (Fsp3) is 0.167. The zero-order valence-corrected chi connectivity index (χ0v) is 13.1. The van der Waals surface area contributed by atoms with Crippen LogP contribution >= 0.6 is 11.6 Å². The molecule has 3 nitrogen and oxygen atoms in total. The summed E-state index contributed by atoms with van der Waals surface area (Å²) in [6, 6.07) is 12.6. The molecule has 2 aromatic carbocycles. The van der Waals surface area contributed by atoms with E-state index in [4.69, 9.17) is 20.8 Å². The average Bonchev–Trinajstić information content (AvgIpc) is 2.47. The Hall–Kier alpha value is -2.26. The van der Waals surface area contributed by atoms with Gasteiger partial charge >= 0.3 is 5.63 Å². The number of rotatable bonds is 3. The van der Waals surface area contributed by atoms with Crippen LogP contribution in [-0.2, 0) is 6.61 Å². The smallest absolute Gasteiger partial charge is 0.336 e. The molecular formula is C18H15ClO3. The van der Waals surface area contributed by atoms with Crippen molar-refractivity contribution < 1.29 is 9.15 Å². The first-order chi connectivity index (χ1) is 10.5. The lowest BCUT2D eigenvalue weighted by Gasteiger charge is -2.10. The van der Waals surface area contributed by atoms with E-state index in [1.54, 1.807) is 12.1 Å². The maximum Gasteiger partial charge on any atom is 0.336 e. The molecule has 0 bridgehead atoms. The van der Waals surface area contributed by atoms with Crippen LogP contribution in [0.5, 0.6) is 5.75 Å². The van der Waals surface area contributed by atoms with E-state index >= 15 is 0 Å². The lowest BCUT2D eigenvalue weighted by atomic mass is 10.0. The summed E-state index contributed by atoms with van der Waals surface area (Å²) in [5, 5.41) is 1.51. The van der Waals surface area contributed by atoms with Crippen LogP contribution in [0.3, 0.4) is 0 Å². The number of benzene rings is 2. The Kier molecular flexibility index (Phi) is 3.90. The highest BCUT2D eigenvalue weighted by atomic mass is 35.5. The number of aryl methyl sites for hydroxylation is 2. The van der Waals surface area contributed by atoms with Gasteiger partial charge in [0.05, 0.1) is 0 Å². The molecule has 0 aliphatic carbocycles. The molecule has 0 saturated carbocycles. The summed E-state index contributed by atoms with van der Waals surface area (Å²) in [4.78, 5) is 11.7. The van der Waals surface area contributed by atoms with E-state index in [1.807, 2.05) is 38.1 Å². The summed E-state index contributed by atoms with van der Waals surface area (Å²) in [6.07, 6.45) is 0. The normalized spacial score (nSPS) is 10.9. The molecule has 0 saturated heterocycles. The Morgan fingerprint density at radius 1 is 1.09 bits per heavy atom. The van der Waals surface area contributed by atoms with Crippen molar-refractivity contribution in [2.75, 3.05) is 0 Å². The third-order valence-electron chi connectivity index (χ3n) is 3.63. The van der Waals surface area contributed by atoms with Gasteiger partial charge in [0.25, 0.3) is 0 Å². The lowest BCUT2D eigenvalue weighted by Crippen LogP contribution is -2.04. The molecule has 3 rings (SSSR count). The van der Waals surface area contributed by atoms with Gasteiger partial charge < -0.3 is 9.15 Å². The maximum atomic E-state index is 11.7. The van der Waals surface area contributed by atoms with Gasteiger partial charge in [0.2, 0.25) is 0 Å². The predicted octanol–water partition coefficient (Wildman–Crippen LogP) is 4.64. The zero-order valence-electron chi connectivity index (χ0n) is 12.4. The molecule has 112 valence electrons. The minimum absolute atomic E-state index is 0.283. The topological polar surface area (TPSA) is 39.4 Å². The third-order valence-corrected chi connectivity index (χ3v) is 3.87. The monoisotopic (exact) mass is 314 g/mol. The number of hydrogen-bond acceptors (Lipinski definition) is 3. The Labute approximate surface area is 133 Å². The minimum atomic E-state index is -0.375. The molecule has 0 N–H and O–H groups in total. The summed E-state index contributed by atoms with van der Waals surface area (Å²) in [5.74, 6) is 0.665. The molecule has 0 amide bonds. The van der Waals surface area contributed by atoms with E-state index in [-0.39, 0.29) is 12.2 Å². The van der Waals surface area contributed by atoms with Crippen molar-refractivity contribution in [1.82, 2.24) is 0 Å². The average molecular weight is 315 g/mol. The molecule has 4 heteroatoms. The number of hydrogen-bond donors (Lipinski definition) is 0. The molecular weight excluding hydrogens is 300 g/mol. The van der Waals surface area contributed by atoms with Crippen LogP contribution in [0.2, 0.25) is 5.02 Å². The second-order valence-electron chi connectivity index (χ2n) is 5.27. The second kappa shape index (κ2) is 5.85. The van der Waals surface area contributed by atoms with Crippen molar-refractivity contribution in [3.05, 3.63) is 74.6 Å². The molecule has 0 atom stereocenters. The van der Waals surface area contributed by atoms with E-state index in [2.05, 4.69) is 0 Å². The lowest BCUT2D eigenvalue weighted by molar-refractivity contribution is 0.306. The van der Waals surface area contributed by atoms with Crippen LogP contribution < -0.4 is 10.4 Å². The van der Waals surface area contributed by atoms with Gasteiger partial charge in [-0.2, -0.15) is 0 Å². The van der Waals surface area contributed by atoms with Crippen molar-refractivity contribution in [3.63, 3.8) is 0 Å². The van der Waals surface area contributed by atoms with Gasteiger partial charge in [-0.05, 0) is 55.3 Å². The Morgan fingerprint density at radius 2 is 1.86 bits per heavy atom. The fourth-order valence-corrected chi connectivity index (χ4v) is 2.50. The largest absolute Gasteiger partial charge is 0.489 e. The zero-order chi connectivity index (χ0) is 15.7. The van der Waals surface area contributed by atoms with Crippen molar-refractivity contribution in [2.45, 2.75) is 20.5 Å². The van der Waals surface area contributed by atoms with Gasteiger partial charge in [0, 0.05) is 22.0 Å². The standard InChI is InChI=1S/C18H15ClO3/c1-11-6-16-13(8-18(20)22-17(16)7-12(11)2)10-21-15-5-3-4-14(19)9-15/h3-9H,10H2,1-2H3. The molecule has 1 heterocycles. The van der Waals surface area contributed by atoms with Gasteiger partial charge in [-0.15, -0.1) is 0 Å². The van der Waals surface area contributed by atoms with E-state index in [0.717, 1.165) is 22.1 Å². The van der Waals surface area contributed by atoms with Gasteiger partial charge in [-0.1, -0.05) is 17.7 Å². The Morgan fingerprint density at radius 3 is 2.64 bits per heavy atom. The van der Waals surface area contributed by atoms with Crippen molar-refractivity contribution in [1.29, 1.82) is 0 Å². The molecule has 0 aliphatic rings. The van der Waals surface area contributed by atoms with Crippen molar-refractivity contribution in [2.24, 2.45) is 0 Å². The summed E-state index contributed by atoms with van der Waals surface area (Å²) in [6.45, 7) is 4.30. The first kappa shape index (κ1) is 14.7. The summed E-state index contributed by atoms with van der Waals surface area (Å²) in [7, 11) is 0. The highest BCUT2D eigenvalue weighted by molar-refractivity contribution is 6.30. The number of fused-ring (bicyclic) bond motifs is 1. The van der Waals surface area contributed by atoms with E-state index < -0.39 is 0 Å². The maximum absolute atomic E-state index is 11.7. The molecule has 0 spiro atoms. The fourth-order valence-electron chi connectivity index (χ4n) is 2.32. The Bertz CT molecular complexity index is 896. The highest BCUT2D eigenvalue weighted by Crippen LogP contribution is 2.24. The van der Waals surface area contributed by atoms with E-state index in [1.165, 1.54) is 6.07 Å². The van der Waals surface area contributed by atoms with Crippen LogP contribution in [-0.4, -0.2) is 0 Å². The minimum Gasteiger partial charge on any atom is -0.489 e. The van der Waals surface area contributed by atoms with Gasteiger partial charge in [-0.25, -0.2) is 4.79 Å². The van der Waals surface area contributed by atoms with E-state index in [0.29, 0.717) is 16.4 Å². The van der Waals surface area contributed by atoms with E-state index in [9.17, 15) is 4.79 Å². The van der Waals surface area contributed by atoms with Crippen molar-refractivity contribution in [3.8, 4) is 5.75 Å². The second-order valence-corrected chi connectivity index (χ2v) is 5.71. The van der Waals surface area contributed by atoms with Crippen LogP contribution in [0.4, 0.5) is 0 Å². The van der Waals surface area contributed by atoms with Crippen LogP contribution in [0.1, 0.15) is 16.7 Å². The quantitative estimate of drug-likeness (QED) is 0.661. The summed E-state index contributed by atoms with van der Waals surface area (Å²) < 4.78 is 11.0. The molecule has 22 heavy (non-hydrogen) atoms. The molecule has 0 aliphatic heterocycles. The van der Waals surface area contributed by atoms with Crippen LogP contribution in [0.25, 0.3) is 11.0 Å². The predicted molar refractivity (Wildman–Crippen MR) is 87.7 cm³/mol. The van der Waals surface area contributed by atoms with Crippen molar-refractivity contribution >= 4 is 22.6 Å². The SMILES string of the molecule is Cc1cc2oc(=O)cc(COc3cccc(Cl)c3)c2cc1C. The van der Waals surface area contributed by atoms with Crippen LogP contribution in [0.15, 0.2) is 51.7 Å². The summed E-state index contributed by atoms with van der Waals surface area (Å²) in [5.41, 5.74) is 3.24. The van der Waals surface area contributed by atoms with Crippen LogP contribution in [0, 0.1) is 13.8 Å². The number of ether oxygens (including phenoxy) is 1.